The minimum absolute atomic E-state index is 0.114. The highest BCUT2D eigenvalue weighted by molar-refractivity contribution is 5.96. The van der Waals surface area contributed by atoms with Gasteiger partial charge in [0.15, 0.2) is 0 Å². The first kappa shape index (κ1) is 14.0. The van der Waals surface area contributed by atoms with Gasteiger partial charge in [-0.1, -0.05) is 30.3 Å². The molecule has 0 fully saturated rings. The summed E-state index contributed by atoms with van der Waals surface area (Å²) in [6.07, 6.45) is 1.49. The van der Waals surface area contributed by atoms with Gasteiger partial charge < -0.3 is 10.6 Å². The molecule has 0 aliphatic rings. The van der Waals surface area contributed by atoms with Gasteiger partial charge in [0.25, 0.3) is 0 Å². The predicted molar refractivity (Wildman–Crippen MR) is 87.8 cm³/mol. The van der Waals surface area contributed by atoms with Gasteiger partial charge in [-0.15, -0.1) is 0 Å². The van der Waals surface area contributed by atoms with Crippen molar-refractivity contribution in [2.75, 3.05) is 17.2 Å². The number of nitrogens with zero attached hydrogens (tertiary/aromatic N) is 2. The van der Waals surface area contributed by atoms with E-state index in [1.54, 1.807) is 0 Å². The van der Waals surface area contributed by atoms with Crippen LogP contribution in [0.5, 0.6) is 0 Å². The highest BCUT2D eigenvalue weighted by atomic mass is 16.1. The Labute approximate surface area is 128 Å². The van der Waals surface area contributed by atoms with Crippen molar-refractivity contribution in [2.45, 2.75) is 6.92 Å². The summed E-state index contributed by atoms with van der Waals surface area (Å²) in [6.45, 7) is 2.11. The van der Waals surface area contributed by atoms with E-state index in [-0.39, 0.29) is 12.5 Å². The molecule has 0 radical (unpaired) electrons. The first-order valence-electron chi connectivity index (χ1n) is 7.03. The third kappa shape index (κ3) is 3.03. The number of hydrogen-bond acceptors (Lipinski definition) is 4. The average Bonchev–Trinajstić information content (AvgIpc) is 2.55. The first-order valence-corrected chi connectivity index (χ1v) is 7.03. The number of amides is 1. The molecule has 0 bridgehead atoms. The highest BCUT2D eigenvalue weighted by Gasteiger charge is 2.07. The fourth-order valence-electron chi connectivity index (χ4n) is 2.22. The van der Waals surface area contributed by atoms with E-state index in [1.807, 2.05) is 55.5 Å². The summed E-state index contributed by atoms with van der Waals surface area (Å²) in [6, 6.07) is 15.4. The Morgan fingerprint density at radius 1 is 1.05 bits per heavy atom. The SMILES string of the molecule is Cc1ccccc1NC(=O)CNc1ncnc2ccccc12. The molecule has 0 aliphatic heterocycles. The van der Waals surface area contributed by atoms with Crippen LogP contribution in [0.15, 0.2) is 54.9 Å². The van der Waals surface area contributed by atoms with Crippen molar-refractivity contribution in [2.24, 2.45) is 0 Å². The Hall–Kier alpha value is -2.95. The molecule has 5 heteroatoms. The summed E-state index contributed by atoms with van der Waals surface area (Å²) in [5, 5.41) is 6.84. The summed E-state index contributed by atoms with van der Waals surface area (Å²) in [5.74, 6) is 0.544. The first-order chi connectivity index (χ1) is 10.7. The molecule has 0 saturated heterocycles. The van der Waals surface area contributed by atoms with Gasteiger partial charge in [0.05, 0.1) is 12.1 Å². The lowest BCUT2D eigenvalue weighted by Crippen LogP contribution is -2.22. The monoisotopic (exact) mass is 292 g/mol. The van der Waals surface area contributed by atoms with E-state index in [2.05, 4.69) is 20.6 Å². The number of aryl methyl sites for hydroxylation is 1. The topological polar surface area (TPSA) is 66.9 Å². The van der Waals surface area contributed by atoms with Crippen LogP contribution in [-0.2, 0) is 4.79 Å². The number of carbonyl (C=O) groups excluding carboxylic acids is 1. The zero-order chi connectivity index (χ0) is 15.4. The molecular formula is C17H16N4O. The second-order valence-electron chi connectivity index (χ2n) is 4.96. The van der Waals surface area contributed by atoms with E-state index in [0.29, 0.717) is 5.82 Å². The number of nitrogens with one attached hydrogen (secondary N) is 2. The zero-order valence-corrected chi connectivity index (χ0v) is 12.2. The quantitative estimate of drug-likeness (QED) is 0.775. The standard InChI is InChI=1S/C17H16N4O/c1-12-6-2-4-8-14(12)21-16(22)10-18-17-13-7-3-5-9-15(13)19-11-20-17/h2-9,11H,10H2,1H3,(H,21,22)(H,18,19,20). The fraction of sp³-hybridized carbons (Fsp3) is 0.118. The van der Waals surface area contributed by atoms with Crippen molar-refractivity contribution in [3.05, 3.63) is 60.4 Å². The van der Waals surface area contributed by atoms with E-state index in [0.717, 1.165) is 22.2 Å². The summed E-state index contributed by atoms with van der Waals surface area (Å²) < 4.78 is 0. The predicted octanol–water partition coefficient (Wildman–Crippen LogP) is 2.99. The number of hydrogen-bond donors (Lipinski definition) is 2. The van der Waals surface area contributed by atoms with Gasteiger partial charge in [-0.25, -0.2) is 9.97 Å². The van der Waals surface area contributed by atoms with E-state index in [4.69, 9.17) is 0 Å². The van der Waals surface area contributed by atoms with Gasteiger partial charge in [0, 0.05) is 11.1 Å². The Morgan fingerprint density at radius 3 is 2.68 bits per heavy atom. The lowest BCUT2D eigenvalue weighted by molar-refractivity contribution is -0.114. The number of anilines is 2. The van der Waals surface area contributed by atoms with E-state index >= 15 is 0 Å². The third-order valence-corrected chi connectivity index (χ3v) is 3.38. The van der Waals surface area contributed by atoms with Gasteiger partial charge >= 0.3 is 0 Å². The van der Waals surface area contributed by atoms with Crippen LogP contribution in [0, 0.1) is 6.92 Å². The maximum atomic E-state index is 12.1. The Balaban J connectivity index is 1.69. The number of rotatable bonds is 4. The van der Waals surface area contributed by atoms with Crippen LogP contribution >= 0.6 is 0 Å². The molecule has 0 spiro atoms. The van der Waals surface area contributed by atoms with Crippen LogP contribution in [0.1, 0.15) is 5.56 Å². The van der Waals surface area contributed by atoms with Crippen LogP contribution < -0.4 is 10.6 Å². The zero-order valence-electron chi connectivity index (χ0n) is 12.2. The van der Waals surface area contributed by atoms with Gasteiger partial charge in [-0.2, -0.15) is 0 Å². The molecule has 0 unspecified atom stereocenters. The van der Waals surface area contributed by atoms with E-state index in [9.17, 15) is 4.79 Å². The molecule has 3 aromatic rings. The normalized spacial score (nSPS) is 10.4. The maximum Gasteiger partial charge on any atom is 0.243 e. The van der Waals surface area contributed by atoms with Crippen molar-refractivity contribution in [1.29, 1.82) is 0 Å². The van der Waals surface area contributed by atoms with E-state index < -0.39 is 0 Å². The number of para-hydroxylation sites is 2. The van der Waals surface area contributed by atoms with Crippen molar-refractivity contribution in [3.63, 3.8) is 0 Å². The second kappa shape index (κ2) is 6.22. The van der Waals surface area contributed by atoms with Crippen LogP contribution in [0.4, 0.5) is 11.5 Å². The smallest absolute Gasteiger partial charge is 0.243 e. The molecule has 2 aromatic carbocycles. The molecule has 110 valence electrons. The van der Waals surface area contributed by atoms with Crippen molar-refractivity contribution >= 4 is 28.3 Å². The van der Waals surface area contributed by atoms with Gasteiger partial charge in [0.1, 0.15) is 12.1 Å². The maximum absolute atomic E-state index is 12.1. The molecule has 1 heterocycles. The summed E-state index contributed by atoms with van der Waals surface area (Å²) in [5.41, 5.74) is 2.70. The molecule has 5 nitrogen and oxygen atoms in total. The third-order valence-electron chi connectivity index (χ3n) is 3.38. The lowest BCUT2D eigenvalue weighted by atomic mass is 10.2. The highest BCUT2D eigenvalue weighted by Crippen LogP contribution is 2.18. The Morgan fingerprint density at radius 2 is 1.82 bits per heavy atom. The number of benzene rings is 2. The molecule has 22 heavy (non-hydrogen) atoms. The van der Waals surface area contributed by atoms with Gasteiger partial charge in [0.2, 0.25) is 5.91 Å². The summed E-state index contributed by atoms with van der Waals surface area (Å²) in [7, 11) is 0. The number of aromatic nitrogens is 2. The van der Waals surface area contributed by atoms with Gasteiger partial charge in [-0.05, 0) is 30.7 Å². The lowest BCUT2D eigenvalue weighted by Gasteiger charge is -2.10. The molecule has 2 N–H and O–H groups in total. The van der Waals surface area contributed by atoms with Crippen molar-refractivity contribution in [3.8, 4) is 0 Å². The van der Waals surface area contributed by atoms with Crippen molar-refractivity contribution in [1.82, 2.24) is 9.97 Å². The molecule has 0 saturated carbocycles. The van der Waals surface area contributed by atoms with Crippen LogP contribution in [-0.4, -0.2) is 22.4 Å². The Bertz CT molecular complexity index is 811. The number of fused-ring (bicyclic) bond motifs is 1. The summed E-state index contributed by atoms with van der Waals surface area (Å²) in [4.78, 5) is 20.5. The van der Waals surface area contributed by atoms with Gasteiger partial charge in [-0.3, -0.25) is 4.79 Å². The van der Waals surface area contributed by atoms with Crippen LogP contribution in [0.25, 0.3) is 10.9 Å². The minimum atomic E-state index is -0.114. The average molecular weight is 292 g/mol. The molecule has 0 atom stereocenters. The Kier molecular flexibility index (Phi) is 3.96. The fourth-order valence-corrected chi connectivity index (χ4v) is 2.22. The van der Waals surface area contributed by atoms with Crippen LogP contribution in [0.3, 0.4) is 0 Å². The molecule has 3 rings (SSSR count). The second-order valence-corrected chi connectivity index (χ2v) is 4.96. The molecule has 1 aromatic heterocycles. The molecular weight excluding hydrogens is 276 g/mol. The van der Waals surface area contributed by atoms with Crippen molar-refractivity contribution < 1.29 is 4.79 Å². The minimum Gasteiger partial charge on any atom is -0.360 e. The molecule has 0 aliphatic carbocycles. The molecule has 1 amide bonds. The van der Waals surface area contributed by atoms with Crippen LogP contribution in [0.2, 0.25) is 0 Å². The van der Waals surface area contributed by atoms with E-state index in [1.165, 1.54) is 6.33 Å². The largest absolute Gasteiger partial charge is 0.360 e. The summed E-state index contributed by atoms with van der Waals surface area (Å²) >= 11 is 0. The number of carbonyl (C=O) groups is 1.